The van der Waals surface area contributed by atoms with Crippen LogP contribution in [0.2, 0.25) is 0 Å². The van der Waals surface area contributed by atoms with E-state index >= 15 is 0 Å². The van der Waals surface area contributed by atoms with E-state index in [-0.39, 0.29) is 12.5 Å². The summed E-state index contributed by atoms with van der Waals surface area (Å²) in [6, 6.07) is 15.6. The molecule has 1 aliphatic rings. The summed E-state index contributed by atoms with van der Waals surface area (Å²) < 4.78 is 3.12. The number of rotatable bonds is 4. The molecule has 0 spiro atoms. The van der Waals surface area contributed by atoms with Gasteiger partial charge in [-0.3, -0.25) is 9.69 Å². The Kier molecular flexibility index (Phi) is 5.58. The summed E-state index contributed by atoms with van der Waals surface area (Å²) in [6.07, 6.45) is 1.77. The van der Waals surface area contributed by atoms with Crippen LogP contribution in [0, 0.1) is 27.7 Å². The molecule has 158 valence electrons. The van der Waals surface area contributed by atoms with E-state index in [2.05, 4.69) is 57.9 Å². The van der Waals surface area contributed by atoms with Crippen molar-refractivity contribution in [1.82, 2.24) is 14.8 Å². The molecule has 2 aromatic carbocycles. The maximum atomic E-state index is 12.9. The first-order chi connectivity index (χ1) is 14.7. The SMILES string of the molecule is Cc1ccc(-n2c(C)cc(/C=C3\NC(=O)N(Cc4ccc(Br)cc4)C3=O)c2C)cc1C. The molecule has 1 N–H and O–H groups in total. The zero-order chi connectivity index (χ0) is 22.3. The minimum atomic E-state index is -0.401. The molecule has 2 heterocycles. The van der Waals surface area contributed by atoms with E-state index in [1.54, 1.807) is 6.08 Å². The number of nitrogens with one attached hydrogen (secondary N) is 1. The van der Waals surface area contributed by atoms with Crippen LogP contribution >= 0.6 is 15.9 Å². The Bertz CT molecular complexity index is 1220. The van der Waals surface area contributed by atoms with Crippen molar-refractivity contribution in [2.24, 2.45) is 0 Å². The maximum absolute atomic E-state index is 12.9. The Hall–Kier alpha value is -3.12. The number of carbonyl (C=O) groups excluding carboxylic acids is 2. The number of hydrogen-bond acceptors (Lipinski definition) is 2. The van der Waals surface area contributed by atoms with Crippen LogP contribution < -0.4 is 5.32 Å². The van der Waals surface area contributed by atoms with Gasteiger partial charge in [-0.1, -0.05) is 34.1 Å². The highest BCUT2D eigenvalue weighted by molar-refractivity contribution is 9.10. The molecule has 1 saturated heterocycles. The first-order valence-electron chi connectivity index (χ1n) is 10.1. The summed E-state index contributed by atoms with van der Waals surface area (Å²) in [5.41, 5.74) is 7.73. The predicted molar refractivity (Wildman–Crippen MR) is 126 cm³/mol. The van der Waals surface area contributed by atoms with Gasteiger partial charge in [0.25, 0.3) is 5.91 Å². The van der Waals surface area contributed by atoms with E-state index in [4.69, 9.17) is 0 Å². The zero-order valence-corrected chi connectivity index (χ0v) is 19.6. The Balaban J connectivity index is 1.63. The van der Waals surface area contributed by atoms with E-state index in [0.717, 1.165) is 32.7 Å². The lowest BCUT2D eigenvalue weighted by Crippen LogP contribution is -2.30. The number of aryl methyl sites for hydroxylation is 3. The Morgan fingerprint density at radius 1 is 0.935 bits per heavy atom. The highest BCUT2D eigenvalue weighted by Gasteiger charge is 2.33. The van der Waals surface area contributed by atoms with Gasteiger partial charge in [-0.05, 0) is 86.4 Å². The largest absolute Gasteiger partial charge is 0.329 e. The van der Waals surface area contributed by atoms with Crippen molar-refractivity contribution in [2.45, 2.75) is 34.2 Å². The Labute approximate surface area is 190 Å². The number of halogens is 1. The fraction of sp³-hybridized carbons (Fsp3) is 0.200. The van der Waals surface area contributed by atoms with E-state index in [0.29, 0.717) is 5.70 Å². The van der Waals surface area contributed by atoms with Crippen molar-refractivity contribution in [3.05, 3.63) is 92.3 Å². The topological polar surface area (TPSA) is 54.3 Å². The van der Waals surface area contributed by atoms with Gasteiger partial charge in [-0.25, -0.2) is 4.79 Å². The lowest BCUT2D eigenvalue weighted by Gasteiger charge is -2.12. The molecule has 1 fully saturated rings. The molecule has 31 heavy (non-hydrogen) atoms. The molecule has 3 amide bonds. The van der Waals surface area contributed by atoms with Gasteiger partial charge in [-0.15, -0.1) is 0 Å². The molecule has 6 heteroatoms. The first kappa shape index (κ1) is 21.1. The summed E-state index contributed by atoms with van der Waals surface area (Å²) in [7, 11) is 0. The van der Waals surface area contributed by atoms with Crippen molar-refractivity contribution in [1.29, 1.82) is 0 Å². The average molecular weight is 478 g/mol. The third kappa shape index (κ3) is 4.08. The van der Waals surface area contributed by atoms with Gasteiger partial charge in [0.15, 0.2) is 0 Å². The molecule has 0 aliphatic carbocycles. The van der Waals surface area contributed by atoms with Crippen LogP contribution in [-0.4, -0.2) is 21.4 Å². The average Bonchev–Trinajstić information content (AvgIpc) is 3.15. The highest BCUT2D eigenvalue weighted by Crippen LogP contribution is 2.25. The molecule has 0 radical (unpaired) electrons. The van der Waals surface area contributed by atoms with Crippen LogP contribution in [0.1, 0.15) is 33.6 Å². The maximum Gasteiger partial charge on any atom is 0.329 e. The monoisotopic (exact) mass is 477 g/mol. The van der Waals surface area contributed by atoms with Crippen molar-refractivity contribution in [2.75, 3.05) is 0 Å². The third-order valence-electron chi connectivity index (χ3n) is 5.74. The number of imide groups is 1. The van der Waals surface area contributed by atoms with Crippen LogP contribution in [0.5, 0.6) is 0 Å². The molecule has 4 rings (SSSR count). The van der Waals surface area contributed by atoms with Gasteiger partial charge in [0, 0.05) is 21.5 Å². The minimum absolute atomic E-state index is 0.233. The summed E-state index contributed by atoms with van der Waals surface area (Å²) in [4.78, 5) is 26.6. The molecular formula is C25H24BrN3O2. The normalized spacial score (nSPS) is 15.1. The number of hydrogen-bond donors (Lipinski definition) is 1. The Morgan fingerprint density at radius 2 is 1.65 bits per heavy atom. The van der Waals surface area contributed by atoms with Gasteiger partial charge < -0.3 is 9.88 Å². The summed E-state index contributed by atoms with van der Waals surface area (Å²) in [5, 5.41) is 2.73. The molecule has 0 saturated carbocycles. The van der Waals surface area contributed by atoms with Crippen LogP contribution in [0.15, 0.2) is 58.7 Å². The van der Waals surface area contributed by atoms with Crippen LogP contribution in [0.25, 0.3) is 11.8 Å². The van der Waals surface area contributed by atoms with Crippen LogP contribution in [0.4, 0.5) is 4.79 Å². The van der Waals surface area contributed by atoms with Gasteiger partial charge in [0.1, 0.15) is 5.70 Å². The fourth-order valence-electron chi connectivity index (χ4n) is 3.84. The van der Waals surface area contributed by atoms with Gasteiger partial charge in [-0.2, -0.15) is 0 Å². The van der Waals surface area contributed by atoms with Gasteiger partial charge in [0.2, 0.25) is 0 Å². The van der Waals surface area contributed by atoms with E-state index < -0.39 is 6.03 Å². The number of nitrogens with zero attached hydrogens (tertiary/aromatic N) is 2. The fourth-order valence-corrected chi connectivity index (χ4v) is 4.10. The predicted octanol–water partition coefficient (Wildman–Crippen LogP) is 5.57. The molecular weight excluding hydrogens is 454 g/mol. The summed E-state index contributed by atoms with van der Waals surface area (Å²) in [5.74, 6) is -0.316. The van der Waals surface area contributed by atoms with Gasteiger partial charge in [0.05, 0.1) is 6.54 Å². The lowest BCUT2D eigenvalue weighted by atomic mass is 10.1. The Morgan fingerprint density at radius 3 is 2.32 bits per heavy atom. The van der Waals surface area contributed by atoms with E-state index in [1.807, 2.05) is 44.2 Å². The summed E-state index contributed by atoms with van der Waals surface area (Å²) in [6.45, 7) is 8.49. The molecule has 1 aliphatic heterocycles. The number of amides is 3. The molecule has 3 aromatic rings. The number of urea groups is 1. The molecule has 5 nitrogen and oxygen atoms in total. The second-order valence-electron chi connectivity index (χ2n) is 7.94. The second-order valence-corrected chi connectivity index (χ2v) is 8.85. The van der Waals surface area contributed by atoms with Gasteiger partial charge >= 0.3 is 6.03 Å². The standard InChI is InChI=1S/C25H24BrN3O2/c1-15-5-10-22(11-16(15)2)29-17(3)12-20(18(29)4)13-23-24(30)28(25(31)27-23)14-19-6-8-21(26)9-7-19/h5-13H,14H2,1-4H3,(H,27,31)/b23-13-. The van der Waals surface area contributed by atoms with Crippen molar-refractivity contribution in [3.63, 3.8) is 0 Å². The van der Waals surface area contributed by atoms with Crippen molar-refractivity contribution in [3.8, 4) is 5.69 Å². The molecule has 0 unspecified atom stereocenters. The van der Waals surface area contributed by atoms with Crippen molar-refractivity contribution >= 4 is 33.9 Å². The smallest absolute Gasteiger partial charge is 0.318 e. The van der Waals surface area contributed by atoms with E-state index in [1.165, 1.54) is 16.0 Å². The summed E-state index contributed by atoms with van der Waals surface area (Å²) >= 11 is 3.40. The van der Waals surface area contributed by atoms with Crippen LogP contribution in [-0.2, 0) is 11.3 Å². The number of benzene rings is 2. The molecule has 0 bridgehead atoms. The minimum Gasteiger partial charge on any atom is -0.318 e. The van der Waals surface area contributed by atoms with Crippen molar-refractivity contribution < 1.29 is 9.59 Å². The second kappa shape index (κ2) is 8.19. The zero-order valence-electron chi connectivity index (χ0n) is 18.0. The van der Waals surface area contributed by atoms with Crippen LogP contribution in [0.3, 0.4) is 0 Å². The number of aromatic nitrogens is 1. The number of carbonyl (C=O) groups is 2. The lowest BCUT2D eigenvalue weighted by molar-refractivity contribution is -0.123. The third-order valence-corrected chi connectivity index (χ3v) is 6.26. The molecule has 1 aromatic heterocycles. The van der Waals surface area contributed by atoms with E-state index in [9.17, 15) is 9.59 Å². The highest BCUT2D eigenvalue weighted by atomic mass is 79.9. The quantitative estimate of drug-likeness (QED) is 0.394. The first-order valence-corrected chi connectivity index (χ1v) is 10.9. The molecule has 0 atom stereocenters.